The lowest BCUT2D eigenvalue weighted by Crippen LogP contribution is -2.31. The third-order valence-corrected chi connectivity index (χ3v) is 4.99. The largest absolute Gasteiger partial charge is 0.741 e. The first-order valence-corrected chi connectivity index (χ1v) is 11.1. The minimum atomic E-state index is -6.09. The normalized spacial score (nSPS) is 13.8. The molecule has 0 fully saturated rings. The smallest absolute Gasteiger partial charge is 0.485 e. The van der Waals surface area contributed by atoms with Gasteiger partial charge in [0.2, 0.25) is 11.5 Å². The molecule has 0 spiro atoms. The number of hydrogen-bond donors (Lipinski definition) is 0. The van der Waals surface area contributed by atoms with E-state index in [2.05, 4.69) is 10.2 Å². The molecule has 0 saturated carbocycles. The molecule has 10 nitrogen and oxygen atoms in total. The number of benzene rings is 3. The van der Waals surface area contributed by atoms with Crippen molar-refractivity contribution >= 4 is 33.0 Å². The highest BCUT2D eigenvalue weighted by atomic mass is 32.2. The molecule has 0 unspecified atom stereocenters. The summed E-state index contributed by atoms with van der Waals surface area (Å²) in [5.41, 5.74) is -3.02. The highest BCUT2D eigenvalue weighted by molar-refractivity contribution is 7.86. The molecule has 1 aliphatic heterocycles. The van der Waals surface area contributed by atoms with E-state index in [9.17, 15) is 23.3 Å². The zero-order valence-corrected chi connectivity index (χ0v) is 18.4. The van der Waals surface area contributed by atoms with E-state index >= 15 is 0 Å². The summed E-state index contributed by atoms with van der Waals surface area (Å²) < 4.78 is 60.8. The Balaban J connectivity index is 0.000000371. The van der Waals surface area contributed by atoms with Crippen LogP contribution >= 0.6 is 0 Å². The summed E-state index contributed by atoms with van der Waals surface area (Å²) in [6.07, 6.45) is 0. The molecule has 0 saturated heterocycles. The molecule has 3 aromatic carbocycles. The second-order valence-corrected chi connectivity index (χ2v) is 8.21. The Labute approximate surface area is 197 Å². The molecule has 1 heterocycles. The minimum absolute atomic E-state index is 0.0370. The monoisotopic (exact) mass is 507 g/mol. The number of hydrogen-bond acceptors (Lipinski definition) is 8. The second-order valence-electron chi connectivity index (χ2n) is 6.84. The fourth-order valence-corrected chi connectivity index (χ4v) is 2.77. The summed E-state index contributed by atoms with van der Waals surface area (Å²) >= 11 is 0. The lowest BCUT2D eigenvalue weighted by molar-refractivity contribution is -0.508. The molecule has 1 aliphatic rings. The summed E-state index contributed by atoms with van der Waals surface area (Å²) in [6.45, 7) is 0.463. The quantitative estimate of drug-likeness (QED) is 0.167. The van der Waals surface area contributed by atoms with Crippen molar-refractivity contribution in [1.29, 1.82) is 0 Å². The van der Waals surface area contributed by atoms with Crippen molar-refractivity contribution in [1.82, 2.24) is 0 Å². The van der Waals surface area contributed by atoms with Crippen molar-refractivity contribution in [2.45, 2.75) is 5.51 Å². The zero-order chi connectivity index (χ0) is 25.6. The van der Waals surface area contributed by atoms with Gasteiger partial charge in [-0.3, -0.25) is 10.1 Å². The molecule has 0 radical (unpaired) electrons. The van der Waals surface area contributed by atoms with E-state index < -0.39 is 20.5 Å². The number of alkyl halides is 3. The molecule has 14 heteroatoms. The third kappa shape index (κ3) is 6.68. The molecular formula is C21H16F3N5O5S. The average Bonchev–Trinajstić information content (AvgIpc) is 2.84. The molecule has 0 N–H and O–H groups in total. The van der Waals surface area contributed by atoms with E-state index in [1.165, 1.54) is 12.1 Å². The number of amidine groups is 1. The molecule has 0 aromatic heterocycles. The highest BCUT2D eigenvalue weighted by Gasteiger charge is 2.37. The summed E-state index contributed by atoms with van der Waals surface area (Å²) in [7, 11) is -6.09. The van der Waals surface area contributed by atoms with Crippen LogP contribution in [0.2, 0.25) is 0 Å². The maximum atomic E-state index is 10.9. The number of nitro groups is 1. The molecular weight excluding hydrogens is 491 g/mol. The Morgan fingerprint density at radius 2 is 1.43 bits per heavy atom. The van der Waals surface area contributed by atoms with E-state index in [4.69, 9.17) is 13.0 Å². The topological polar surface area (TPSA) is 131 Å². The number of hydrazone groups is 1. The summed E-state index contributed by atoms with van der Waals surface area (Å²) in [4.78, 5) is 10.5. The molecule has 4 rings (SSSR count). The first kappa shape index (κ1) is 25.5. The van der Waals surface area contributed by atoms with Gasteiger partial charge in [-0.25, -0.2) is 13.4 Å². The predicted octanol–water partition coefficient (Wildman–Crippen LogP) is 4.58. The number of nitro benzene ring substituents is 1. The first-order chi connectivity index (χ1) is 16.5. The number of nitrogens with zero attached hydrogens (tertiary/aromatic N) is 5. The van der Waals surface area contributed by atoms with E-state index in [0.717, 1.165) is 11.4 Å². The standard InChI is InChI=1S/C20H16N5O2.CHF3O3S/c26-25(27)19-13-11-16(12-14-19)20-21-23(17-7-3-1-4-8-17)15-24(22-20)18-9-5-2-6-10-18;2-1(3,4)8(5,6)7/h1-14H,15H2;(H,5,6,7)/q+1;/p-1. The van der Waals surface area contributed by atoms with Crippen LogP contribution < -0.4 is 5.01 Å². The highest BCUT2D eigenvalue weighted by Crippen LogP contribution is 2.23. The lowest BCUT2D eigenvalue weighted by atomic mass is 10.2. The Bertz CT molecular complexity index is 1350. The van der Waals surface area contributed by atoms with Crippen LogP contribution in [0.15, 0.2) is 95.1 Å². The SMILES string of the molecule is O=S(=O)([O-])C(F)(F)F.O=[N+]([O-])c1ccc(C2=NN(c3ccccc3)C[N+](c3ccccc3)=N2)cc1. The lowest BCUT2D eigenvalue weighted by Gasteiger charge is -2.20. The number of non-ortho nitro benzene ring substituents is 1. The number of rotatable bonds is 4. The Morgan fingerprint density at radius 3 is 1.91 bits per heavy atom. The third-order valence-electron chi connectivity index (χ3n) is 4.43. The van der Waals surface area contributed by atoms with Crippen molar-refractivity contribution in [3.05, 3.63) is 101 Å². The van der Waals surface area contributed by atoms with Crippen LogP contribution in [0.25, 0.3) is 0 Å². The van der Waals surface area contributed by atoms with Gasteiger partial charge in [-0.1, -0.05) is 41.1 Å². The van der Waals surface area contributed by atoms with Gasteiger partial charge < -0.3 is 4.55 Å². The van der Waals surface area contributed by atoms with Crippen molar-refractivity contribution < 1.29 is 35.8 Å². The Hall–Kier alpha value is -4.17. The van der Waals surface area contributed by atoms with Crippen molar-refractivity contribution in [3.63, 3.8) is 0 Å². The minimum Gasteiger partial charge on any atom is -0.741 e. The molecule has 0 bridgehead atoms. The van der Waals surface area contributed by atoms with E-state index in [1.807, 2.05) is 70.4 Å². The summed E-state index contributed by atoms with van der Waals surface area (Å²) in [6, 6.07) is 25.9. The number of para-hydroxylation sites is 2. The van der Waals surface area contributed by atoms with Crippen LogP contribution in [0.3, 0.4) is 0 Å². The van der Waals surface area contributed by atoms with Gasteiger partial charge in [0.05, 0.1) is 10.6 Å². The van der Waals surface area contributed by atoms with Crippen molar-refractivity contribution in [2.75, 3.05) is 11.7 Å². The van der Waals surface area contributed by atoms with Gasteiger partial charge in [-0.05, 0) is 24.3 Å². The average molecular weight is 507 g/mol. The fraction of sp³-hybridized carbons (Fsp3) is 0.0952. The van der Waals surface area contributed by atoms with Crippen LogP contribution in [0.5, 0.6) is 0 Å². The van der Waals surface area contributed by atoms with Crippen LogP contribution in [0.4, 0.5) is 30.2 Å². The molecule has 0 amide bonds. The maximum Gasteiger partial charge on any atom is 0.485 e. The van der Waals surface area contributed by atoms with Crippen LogP contribution in [-0.2, 0) is 10.1 Å². The van der Waals surface area contributed by atoms with E-state index in [-0.39, 0.29) is 5.69 Å². The molecule has 182 valence electrons. The Morgan fingerprint density at radius 1 is 0.914 bits per heavy atom. The summed E-state index contributed by atoms with van der Waals surface area (Å²) in [5.74, 6) is 0.490. The van der Waals surface area contributed by atoms with Crippen molar-refractivity contribution in [3.8, 4) is 0 Å². The molecule has 35 heavy (non-hydrogen) atoms. The van der Waals surface area contributed by atoms with Gasteiger partial charge in [0, 0.05) is 34.9 Å². The summed E-state index contributed by atoms with van der Waals surface area (Å²) in [5, 5.41) is 22.0. The van der Waals surface area contributed by atoms with Gasteiger partial charge in [0.15, 0.2) is 10.1 Å². The predicted molar refractivity (Wildman–Crippen MR) is 118 cm³/mol. The van der Waals surface area contributed by atoms with Crippen LogP contribution in [0.1, 0.15) is 5.56 Å². The van der Waals surface area contributed by atoms with Gasteiger partial charge >= 0.3 is 5.51 Å². The van der Waals surface area contributed by atoms with Crippen molar-refractivity contribution in [2.24, 2.45) is 10.2 Å². The molecule has 3 aromatic rings. The maximum absolute atomic E-state index is 10.9. The fourth-order valence-electron chi connectivity index (χ4n) is 2.77. The molecule has 0 aliphatic carbocycles. The number of azo groups is 2. The van der Waals surface area contributed by atoms with Gasteiger partial charge in [0.1, 0.15) is 0 Å². The second kappa shape index (κ2) is 10.4. The van der Waals surface area contributed by atoms with Crippen LogP contribution in [0, 0.1) is 10.1 Å². The van der Waals surface area contributed by atoms with Gasteiger partial charge in [-0.2, -0.15) is 13.2 Å². The van der Waals surface area contributed by atoms with Crippen LogP contribution in [-0.4, -0.2) is 40.6 Å². The van der Waals surface area contributed by atoms with Gasteiger partial charge in [-0.15, -0.1) is 5.10 Å². The van der Waals surface area contributed by atoms with E-state index in [1.54, 1.807) is 12.1 Å². The Kier molecular flexibility index (Phi) is 7.56. The van der Waals surface area contributed by atoms with Gasteiger partial charge in [0.25, 0.3) is 12.4 Å². The molecule has 0 atom stereocenters. The number of anilines is 1. The first-order valence-electron chi connectivity index (χ1n) is 9.68. The number of halogens is 3. The van der Waals surface area contributed by atoms with E-state index in [0.29, 0.717) is 18.1 Å². The zero-order valence-electron chi connectivity index (χ0n) is 17.6.